The summed E-state index contributed by atoms with van der Waals surface area (Å²) in [6.07, 6.45) is 0. The van der Waals surface area contributed by atoms with Crippen LogP contribution in [0.5, 0.6) is 0 Å². The van der Waals surface area contributed by atoms with Crippen LogP contribution in [0.4, 0.5) is 0 Å². The predicted octanol–water partition coefficient (Wildman–Crippen LogP) is 28.9. The van der Waals surface area contributed by atoms with Gasteiger partial charge in [-0.25, -0.2) is 0 Å². The average Bonchev–Trinajstić information content (AvgIpc) is 2.89. The molecule has 0 bridgehead atoms. The first kappa shape index (κ1) is 64.0. The molecule has 0 aliphatic carbocycles. The standard InChI is InChI=1S/I37/c1-20-22(4)24(6)26(8)28(10)30(12)32(14)34(16)36(18)37(19)35(17)33(15)31(13)29(11)27(9)25(7)23(5)21(2)3/q-1. The summed E-state index contributed by atoms with van der Waals surface area (Å²) in [6.45, 7) is 0. The van der Waals surface area contributed by atoms with Crippen molar-refractivity contribution >= 4 is 488 Å². The van der Waals surface area contributed by atoms with Gasteiger partial charge in [-0.15, -0.1) is 0 Å². The van der Waals surface area contributed by atoms with Crippen LogP contribution in [0.15, 0.2) is 0 Å². The molecular weight excluding hydrogens is 4700 g/mol. The first-order valence-corrected chi connectivity index (χ1v) is 231. The summed E-state index contributed by atoms with van der Waals surface area (Å²) in [5.41, 5.74) is 0. The minimum absolute atomic E-state index is 0.378. The molecule has 37 heavy (non-hydrogen) atoms. The van der Waals surface area contributed by atoms with Gasteiger partial charge in [0.1, 0.15) is 0 Å². The van der Waals surface area contributed by atoms with Crippen LogP contribution in [0.2, 0.25) is 0 Å². The van der Waals surface area contributed by atoms with E-state index in [-0.39, 0.29) is 7.89 Å². The number of halogens is 37. The minimum atomic E-state index is -0.523. The molecule has 0 unspecified atom stereocenters. The molecule has 0 saturated carbocycles. The van der Waals surface area contributed by atoms with E-state index >= 15 is 0 Å². The molecule has 0 atom stereocenters. The predicted molar refractivity (Wildman–Crippen MR) is 505 cm³/mol. The number of hydrogen-bond acceptors (Lipinski definition) is 0. The van der Waals surface area contributed by atoms with Crippen molar-refractivity contribution in [1.29, 1.82) is 0 Å². The molecule has 0 aliphatic heterocycles. The fraction of sp³-hybridized carbons (Fsp3) is 0. The summed E-state index contributed by atoms with van der Waals surface area (Å²) < 4.78 is 0. The first-order valence-electron chi connectivity index (χ1n) is 5.14. The summed E-state index contributed by atoms with van der Waals surface area (Å²) in [4.78, 5) is 0. The summed E-state index contributed by atoms with van der Waals surface area (Å²) >= 11 is 61.5. The Hall–Kier alpha value is 27.0. The molecule has 0 nitrogen and oxygen atoms in total. The summed E-state index contributed by atoms with van der Waals surface area (Å²) in [7, 11) is -8.19. The molecule has 0 fully saturated rings. The maximum atomic E-state index is 3.33. The molecular formula is I37-. The summed E-state index contributed by atoms with van der Waals surface area (Å²) in [6, 6.07) is 0. The Kier molecular flexibility index (Phi) is 67.1. The zero-order chi connectivity index (χ0) is 29.5. The van der Waals surface area contributed by atoms with Gasteiger partial charge < -0.3 is 0 Å². The van der Waals surface area contributed by atoms with E-state index in [1.54, 1.807) is 0 Å². The molecule has 0 aromatic heterocycles. The Balaban J connectivity index is 5.34. The van der Waals surface area contributed by atoms with Crippen LogP contribution in [0.3, 0.4) is 0 Å². The molecule has 0 N–H and O–H groups in total. The van der Waals surface area contributed by atoms with E-state index in [9.17, 15) is 0 Å². The van der Waals surface area contributed by atoms with Crippen molar-refractivity contribution in [2.24, 2.45) is 0 Å². The fourth-order valence-electron chi connectivity index (χ4n) is 0.478. The van der Waals surface area contributed by atoms with Gasteiger partial charge in [-0.05, 0) is 0 Å². The third-order valence-electron chi connectivity index (χ3n) is 1.35. The SMILES string of the molecule is I[I-]I(I)I(I)I(I)I(I)I(I)I(I)I(I)I(I)I(I)I(I)I(I)I(I)I(I)I(I)I(I)I(I)I(I)I. The first-order chi connectivity index (χ1) is 16.8. The molecule has 37 heteroatoms. The Labute approximate surface area is 472 Å². The fourth-order valence-corrected chi connectivity index (χ4v) is 6500. The zero-order valence-electron chi connectivity index (χ0n) is 14.0. The second-order valence-corrected chi connectivity index (χ2v) is 848. The van der Waals surface area contributed by atoms with Crippen molar-refractivity contribution in [3.8, 4) is 0 Å². The molecule has 260 valence electrons. The monoisotopic (exact) mass is 4700 g/mol. The van der Waals surface area contributed by atoms with E-state index in [2.05, 4.69) is 354 Å². The van der Waals surface area contributed by atoms with E-state index in [0.717, 1.165) is 0 Å². The van der Waals surface area contributed by atoms with Crippen LogP contribution in [-0.4, -0.2) is 0 Å². The van der Waals surface area contributed by atoms with Gasteiger partial charge in [0.15, 0.2) is 0 Å². The maximum absolute atomic E-state index is 3.33. The molecule has 0 heterocycles. The number of hydrogen-bond donors (Lipinski definition) is 0. The van der Waals surface area contributed by atoms with Crippen LogP contribution in [0.1, 0.15) is 0 Å². The molecule has 0 amide bonds. The Bertz CT molecular complexity index is 591. The van der Waals surface area contributed by atoms with Crippen LogP contribution < -0.4 is 13.3 Å². The second kappa shape index (κ2) is 38.8. The van der Waals surface area contributed by atoms with Crippen molar-refractivity contribution in [1.82, 2.24) is 0 Å². The molecule has 0 rings (SSSR count). The van der Waals surface area contributed by atoms with Crippen molar-refractivity contribution < 1.29 is 13.3 Å². The average molecular weight is 4700 g/mol. The topological polar surface area (TPSA) is 0 Å². The molecule has 0 saturated heterocycles. The Morgan fingerprint density at radius 1 is 0.243 bits per heavy atom. The van der Waals surface area contributed by atoms with Gasteiger partial charge in [-0.2, -0.15) is 0 Å². The van der Waals surface area contributed by atoms with E-state index in [0.29, 0.717) is 13.3 Å². The van der Waals surface area contributed by atoms with Crippen LogP contribution in [-0.2, 0) is 0 Å². The van der Waals surface area contributed by atoms with Crippen LogP contribution in [0.25, 0.3) is 0 Å². The van der Waals surface area contributed by atoms with Gasteiger partial charge in [0.2, 0.25) is 0 Å². The van der Waals surface area contributed by atoms with Crippen molar-refractivity contribution in [3.05, 3.63) is 0 Å². The third-order valence-corrected chi connectivity index (χ3v) is 2730. The van der Waals surface area contributed by atoms with E-state index < -0.39 is 126 Å². The quantitative estimate of drug-likeness (QED) is 0.127. The molecule has 0 aromatic rings. The normalized spacial score (nSPS) is 18.5. The van der Waals surface area contributed by atoms with Crippen LogP contribution >= 0.6 is 488 Å². The molecule has 0 aromatic carbocycles. The number of rotatable bonds is 17. The summed E-state index contributed by atoms with van der Waals surface area (Å²) in [5, 5.41) is 0. The Morgan fingerprint density at radius 3 is 0.568 bits per heavy atom. The molecule has 0 aliphatic rings. The Morgan fingerprint density at radius 2 is 0.405 bits per heavy atom. The van der Waals surface area contributed by atoms with Gasteiger partial charge in [0, 0.05) is 0 Å². The van der Waals surface area contributed by atoms with Gasteiger partial charge >= 0.3 is 501 Å². The van der Waals surface area contributed by atoms with Gasteiger partial charge in [-0.1, -0.05) is 0 Å². The molecule has 0 spiro atoms. The van der Waals surface area contributed by atoms with Gasteiger partial charge in [0.25, 0.3) is 0 Å². The van der Waals surface area contributed by atoms with Crippen molar-refractivity contribution in [2.75, 3.05) is 0 Å². The summed E-state index contributed by atoms with van der Waals surface area (Å²) in [5.74, 6) is 0. The van der Waals surface area contributed by atoms with Crippen molar-refractivity contribution in [3.63, 3.8) is 0 Å². The van der Waals surface area contributed by atoms with Gasteiger partial charge in [0.05, 0.1) is 0 Å². The van der Waals surface area contributed by atoms with E-state index in [1.165, 1.54) is 0 Å². The van der Waals surface area contributed by atoms with Gasteiger partial charge in [-0.3, -0.25) is 0 Å². The molecule has 0 radical (unpaired) electrons. The van der Waals surface area contributed by atoms with E-state index in [1.807, 2.05) is 0 Å². The van der Waals surface area contributed by atoms with Crippen LogP contribution in [0, 0.1) is 0 Å². The second-order valence-electron chi connectivity index (χ2n) is 2.81. The zero-order valence-corrected chi connectivity index (χ0v) is 93.8. The van der Waals surface area contributed by atoms with E-state index in [4.69, 9.17) is 0 Å². The third kappa shape index (κ3) is 27.1. The van der Waals surface area contributed by atoms with Crippen molar-refractivity contribution in [2.45, 2.75) is 0 Å².